The van der Waals surface area contributed by atoms with Crippen LogP contribution in [0.1, 0.15) is 70.8 Å². The molecule has 5 fully saturated rings. The third-order valence-electron chi connectivity index (χ3n) is 11.0. The van der Waals surface area contributed by atoms with Gasteiger partial charge in [0.2, 0.25) is 5.91 Å². The number of likely N-dealkylation sites (N-methyl/N-ethyl adjacent to an activating group) is 1. The summed E-state index contributed by atoms with van der Waals surface area (Å²) in [5.74, 6) is 2.38. The van der Waals surface area contributed by atoms with Gasteiger partial charge in [-0.2, -0.15) is 0 Å². The largest absolute Gasteiger partial charge is 0.272 e. The molecule has 3 saturated carbocycles. The first kappa shape index (κ1) is 21.9. The molecule has 1 N–H and O–H groups in total. The molecule has 2 saturated heterocycles. The number of hydrogen-bond donors (Lipinski definition) is 1. The minimum Gasteiger partial charge on any atom is -0.272 e. The minimum absolute atomic E-state index is 0.103. The summed E-state index contributed by atoms with van der Waals surface area (Å²) < 4.78 is 0. The topological polar surface area (TPSA) is 41.6 Å². The van der Waals surface area contributed by atoms with Crippen molar-refractivity contribution in [1.82, 2.24) is 10.4 Å². The SMILES string of the molecule is CN1C2C=C(CCCc3ccccc3)[C@]3(C)C4CC[C@]5(C)[C@H](CC[C@H]5[C@H]4CC[C@@H]13)C(=O)NO2. The molecule has 0 aromatic heterocycles. The molecule has 0 spiro atoms. The first-order chi connectivity index (χ1) is 15.9. The van der Waals surface area contributed by atoms with E-state index in [2.05, 4.69) is 67.7 Å². The van der Waals surface area contributed by atoms with Crippen LogP contribution < -0.4 is 5.48 Å². The highest BCUT2D eigenvalue weighted by Crippen LogP contribution is 2.67. The van der Waals surface area contributed by atoms with Gasteiger partial charge in [0.1, 0.15) is 0 Å². The monoisotopic (exact) mass is 448 g/mol. The van der Waals surface area contributed by atoms with Crippen LogP contribution in [0.4, 0.5) is 0 Å². The summed E-state index contributed by atoms with van der Waals surface area (Å²) in [5, 5.41) is 0. The zero-order valence-electron chi connectivity index (χ0n) is 20.6. The van der Waals surface area contributed by atoms with Crippen molar-refractivity contribution in [1.29, 1.82) is 0 Å². The highest BCUT2D eigenvalue weighted by Gasteiger charge is 2.63. The molecular weight excluding hydrogens is 408 g/mol. The lowest BCUT2D eigenvalue weighted by molar-refractivity contribution is -0.180. The molecule has 8 bridgehead atoms. The van der Waals surface area contributed by atoms with Crippen molar-refractivity contribution in [3.05, 3.63) is 47.5 Å². The number of rotatable bonds is 4. The Kier molecular flexibility index (Phi) is 5.26. The minimum atomic E-state index is -0.168. The lowest BCUT2D eigenvalue weighted by Gasteiger charge is -2.63. The van der Waals surface area contributed by atoms with Crippen molar-refractivity contribution in [2.75, 3.05) is 7.05 Å². The maximum Gasteiger partial charge on any atom is 0.247 e. The van der Waals surface area contributed by atoms with Crippen molar-refractivity contribution >= 4 is 5.91 Å². The van der Waals surface area contributed by atoms with Crippen molar-refractivity contribution in [2.24, 2.45) is 34.5 Å². The van der Waals surface area contributed by atoms with Crippen LogP contribution in [0.2, 0.25) is 0 Å². The molecule has 4 heteroatoms. The number of benzene rings is 1. The first-order valence-corrected chi connectivity index (χ1v) is 13.4. The van der Waals surface area contributed by atoms with Gasteiger partial charge in [-0.15, -0.1) is 0 Å². The molecule has 33 heavy (non-hydrogen) atoms. The third-order valence-corrected chi connectivity index (χ3v) is 11.0. The van der Waals surface area contributed by atoms with E-state index in [0.717, 1.165) is 31.1 Å². The number of carbonyl (C=O) groups is 1. The Labute approximate surface area is 199 Å². The number of nitrogens with one attached hydrogen (secondary N) is 1. The fraction of sp³-hybridized carbons (Fsp3) is 0.690. The molecule has 178 valence electrons. The van der Waals surface area contributed by atoms with Crippen molar-refractivity contribution in [3.8, 4) is 0 Å². The second kappa shape index (κ2) is 7.95. The van der Waals surface area contributed by atoms with E-state index in [1.54, 1.807) is 5.57 Å². The van der Waals surface area contributed by atoms with Gasteiger partial charge < -0.3 is 0 Å². The number of amides is 1. The van der Waals surface area contributed by atoms with E-state index in [0.29, 0.717) is 12.0 Å². The molecule has 9 rings (SSSR count). The maximum atomic E-state index is 13.3. The van der Waals surface area contributed by atoms with Gasteiger partial charge in [0.25, 0.3) is 0 Å². The predicted molar refractivity (Wildman–Crippen MR) is 130 cm³/mol. The van der Waals surface area contributed by atoms with E-state index in [1.807, 2.05) is 0 Å². The van der Waals surface area contributed by atoms with E-state index >= 15 is 0 Å². The fourth-order valence-electron chi connectivity index (χ4n) is 9.28. The van der Waals surface area contributed by atoms with Crippen molar-refractivity contribution in [2.45, 2.75) is 83.9 Å². The van der Waals surface area contributed by atoms with Gasteiger partial charge in [-0.3, -0.25) is 14.5 Å². The lowest BCUT2D eigenvalue weighted by atomic mass is 9.46. The molecule has 2 unspecified atom stereocenters. The Morgan fingerprint density at radius 1 is 1.03 bits per heavy atom. The number of fused-ring (bicyclic) bond motifs is 1. The Balaban J connectivity index is 1.37. The normalized spacial score (nSPS) is 44.3. The van der Waals surface area contributed by atoms with Gasteiger partial charge in [0.15, 0.2) is 6.23 Å². The van der Waals surface area contributed by atoms with Gasteiger partial charge in [-0.25, -0.2) is 5.48 Å². The third kappa shape index (κ3) is 3.20. The molecule has 4 nitrogen and oxygen atoms in total. The van der Waals surface area contributed by atoms with Crippen LogP contribution in [0.5, 0.6) is 0 Å². The molecule has 1 amide bonds. The summed E-state index contributed by atoms with van der Waals surface area (Å²) >= 11 is 0. The van der Waals surface area contributed by atoms with E-state index in [1.165, 1.54) is 44.1 Å². The number of hydroxylamine groups is 1. The number of carbonyl (C=O) groups excluding carboxylic acids is 1. The molecule has 3 aliphatic carbocycles. The van der Waals surface area contributed by atoms with E-state index in [-0.39, 0.29) is 28.9 Å². The zero-order chi connectivity index (χ0) is 22.8. The molecule has 8 atom stereocenters. The van der Waals surface area contributed by atoms with Gasteiger partial charge in [0, 0.05) is 17.4 Å². The molecule has 5 aliphatic heterocycles. The fourth-order valence-corrected chi connectivity index (χ4v) is 9.28. The zero-order valence-corrected chi connectivity index (χ0v) is 20.6. The molecule has 8 aliphatic rings. The molecule has 5 heterocycles. The van der Waals surface area contributed by atoms with Crippen molar-refractivity contribution < 1.29 is 9.63 Å². The number of nitrogens with zero attached hydrogens (tertiary/aromatic N) is 1. The predicted octanol–water partition coefficient (Wildman–Crippen LogP) is 5.50. The Morgan fingerprint density at radius 3 is 2.67 bits per heavy atom. The number of hydrogen-bond acceptors (Lipinski definition) is 3. The first-order valence-electron chi connectivity index (χ1n) is 13.4. The van der Waals surface area contributed by atoms with Gasteiger partial charge in [-0.05, 0) is 99.6 Å². The van der Waals surface area contributed by atoms with Gasteiger partial charge >= 0.3 is 0 Å². The van der Waals surface area contributed by atoms with E-state index in [9.17, 15) is 4.79 Å². The summed E-state index contributed by atoms with van der Waals surface area (Å²) in [6.07, 6.45) is 12.9. The van der Waals surface area contributed by atoms with Gasteiger partial charge in [0.05, 0.1) is 0 Å². The summed E-state index contributed by atoms with van der Waals surface area (Å²) in [6.45, 7) is 5.02. The maximum absolute atomic E-state index is 13.3. The highest BCUT2D eigenvalue weighted by atomic mass is 16.7. The summed E-state index contributed by atoms with van der Waals surface area (Å²) in [5.41, 5.74) is 6.30. The summed E-state index contributed by atoms with van der Waals surface area (Å²) in [4.78, 5) is 21.9. The van der Waals surface area contributed by atoms with Crippen LogP contribution in [0.15, 0.2) is 42.0 Å². The average molecular weight is 449 g/mol. The molecule has 1 aromatic carbocycles. The van der Waals surface area contributed by atoms with Crippen LogP contribution in [-0.2, 0) is 16.1 Å². The summed E-state index contributed by atoms with van der Waals surface area (Å²) in [6, 6.07) is 11.4. The van der Waals surface area contributed by atoms with Crippen LogP contribution in [0.3, 0.4) is 0 Å². The standard InChI is InChI=1S/C29H40N2O2/c1-28-17-16-23-21-12-15-25-29(23,2)20(11-7-10-19-8-5-4-6-9-19)18-26(31(25)3)33-30-27(32)24(28)14-13-22(21)28/h4-6,8-9,18,21-26H,7,10-17H2,1-3H3,(H,30,32)/t21-,22+,23?,24-,25-,26?,28+,29-/m1/s1. The Hall–Kier alpha value is -1.65. The molecule has 1 aromatic rings. The Bertz CT molecular complexity index is 944. The quantitative estimate of drug-likeness (QED) is 0.619. The second-order valence-corrected chi connectivity index (χ2v) is 12.1. The van der Waals surface area contributed by atoms with Crippen LogP contribution >= 0.6 is 0 Å². The van der Waals surface area contributed by atoms with Gasteiger partial charge in [-0.1, -0.05) is 49.8 Å². The second-order valence-electron chi connectivity index (χ2n) is 12.1. The highest BCUT2D eigenvalue weighted by molar-refractivity contribution is 5.79. The summed E-state index contributed by atoms with van der Waals surface area (Å²) in [7, 11) is 2.21. The Morgan fingerprint density at radius 2 is 1.85 bits per heavy atom. The smallest absolute Gasteiger partial charge is 0.247 e. The molecule has 0 radical (unpaired) electrons. The van der Waals surface area contributed by atoms with Crippen LogP contribution in [0, 0.1) is 34.5 Å². The number of aryl methyl sites for hydroxylation is 1. The van der Waals surface area contributed by atoms with E-state index in [4.69, 9.17) is 4.84 Å². The van der Waals surface area contributed by atoms with Crippen molar-refractivity contribution in [3.63, 3.8) is 0 Å². The lowest BCUT2D eigenvalue weighted by Crippen LogP contribution is -2.64. The van der Waals surface area contributed by atoms with E-state index < -0.39 is 0 Å². The molecular formula is C29H40N2O2. The van der Waals surface area contributed by atoms with Crippen LogP contribution in [0.25, 0.3) is 0 Å². The van der Waals surface area contributed by atoms with Crippen LogP contribution in [-0.4, -0.2) is 30.1 Å². The average Bonchev–Trinajstić information content (AvgIpc) is 3.17.